The fraction of sp³-hybridized carbons (Fsp3) is 0.120. The normalized spacial score (nSPS) is 12.6. The summed E-state index contributed by atoms with van der Waals surface area (Å²) < 4.78 is 42.3. The van der Waals surface area contributed by atoms with Gasteiger partial charge in [-0.3, -0.25) is 4.57 Å². The van der Waals surface area contributed by atoms with Crippen LogP contribution in [0.2, 0.25) is 0 Å². The molecule has 34 heavy (non-hydrogen) atoms. The lowest BCUT2D eigenvalue weighted by Crippen LogP contribution is -2.19. The zero-order chi connectivity index (χ0) is 23.2. The number of ether oxygens (including phenoxy) is 2. The molecule has 6 nitrogen and oxygen atoms in total. The zero-order valence-electron chi connectivity index (χ0n) is 17.7. The Hall–Kier alpha value is -3.85. The number of pyridine rings is 1. The van der Waals surface area contributed by atoms with E-state index < -0.39 is 17.3 Å². The first-order valence-corrected chi connectivity index (χ1v) is 11.5. The molecule has 0 atom stereocenters. The van der Waals surface area contributed by atoms with Gasteiger partial charge in [0.1, 0.15) is 17.2 Å². The predicted molar refractivity (Wildman–Crippen MR) is 125 cm³/mol. The van der Waals surface area contributed by atoms with E-state index in [-0.39, 0.29) is 18.9 Å². The molecule has 0 amide bonds. The summed E-state index contributed by atoms with van der Waals surface area (Å²) in [5, 5.41) is 0.621. The molecule has 0 radical (unpaired) electrons. The molecule has 6 rings (SSSR count). The number of hydrogen-bond acceptors (Lipinski definition) is 5. The number of thioether (sulfide) groups is 1. The van der Waals surface area contributed by atoms with Gasteiger partial charge in [-0.2, -0.15) is 0 Å². The zero-order valence-corrected chi connectivity index (χ0v) is 18.5. The molecule has 0 aliphatic carbocycles. The highest BCUT2D eigenvalue weighted by Gasteiger charge is 2.22. The summed E-state index contributed by atoms with van der Waals surface area (Å²) in [5.41, 5.74) is 1.87. The maximum Gasteiger partial charge on any atom is 0.326 e. The van der Waals surface area contributed by atoms with Crippen LogP contribution in [0.4, 0.5) is 8.78 Å². The number of fused-ring (bicyclic) bond motifs is 5. The molecular formula is C25H17F2N3O3S. The summed E-state index contributed by atoms with van der Waals surface area (Å²) in [4.78, 5) is 20.3. The van der Waals surface area contributed by atoms with Crippen molar-refractivity contribution in [1.82, 2.24) is 14.5 Å². The molecule has 3 heterocycles. The van der Waals surface area contributed by atoms with Crippen LogP contribution in [-0.2, 0) is 12.3 Å². The highest BCUT2D eigenvalue weighted by molar-refractivity contribution is 7.98. The van der Waals surface area contributed by atoms with Crippen LogP contribution in [0.1, 0.15) is 11.1 Å². The fourth-order valence-electron chi connectivity index (χ4n) is 4.14. The van der Waals surface area contributed by atoms with Crippen LogP contribution in [0.3, 0.4) is 0 Å². The standard InChI is InChI=1S/C25H17F2N3O3S/c26-18-8-15(34-12-14-4-2-1-3-5-14)9-19(27)17(18)11-30-23-16-6-7-21-24(33-13-32-21)22(16)28-10-20(23)29-25(30)31/h1-10H,11-13H2,(H,29,31). The number of nitrogens with one attached hydrogen (secondary N) is 1. The number of aromatic amines is 1. The molecule has 2 aromatic heterocycles. The van der Waals surface area contributed by atoms with E-state index in [0.717, 1.165) is 5.56 Å². The van der Waals surface area contributed by atoms with Gasteiger partial charge in [-0.15, -0.1) is 11.8 Å². The lowest BCUT2D eigenvalue weighted by atomic mass is 10.1. The Balaban J connectivity index is 1.38. The van der Waals surface area contributed by atoms with Crippen molar-refractivity contribution in [1.29, 1.82) is 0 Å². The van der Waals surface area contributed by atoms with Crippen LogP contribution in [0, 0.1) is 11.6 Å². The number of nitrogens with zero attached hydrogens (tertiary/aromatic N) is 2. The molecule has 0 bridgehead atoms. The predicted octanol–water partition coefficient (Wildman–Crippen LogP) is 5.23. The van der Waals surface area contributed by atoms with E-state index in [4.69, 9.17) is 9.47 Å². The summed E-state index contributed by atoms with van der Waals surface area (Å²) in [5.74, 6) is 0.234. The summed E-state index contributed by atoms with van der Waals surface area (Å²) in [6.07, 6.45) is 1.51. The van der Waals surface area contributed by atoms with Crippen LogP contribution < -0.4 is 15.2 Å². The van der Waals surface area contributed by atoms with Crippen molar-refractivity contribution in [2.75, 3.05) is 6.79 Å². The first-order valence-electron chi connectivity index (χ1n) is 10.5. The highest BCUT2D eigenvalue weighted by atomic mass is 32.2. The van der Waals surface area contributed by atoms with Crippen molar-refractivity contribution in [3.05, 3.63) is 94.0 Å². The Bertz CT molecular complexity index is 1590. The number of imidazole rings is 1. The summed E-state index contributed by atoms with van der Waals surface area (Å²) in [6.45, 7) is -0.188. The Labute approximate surface area is 196 Å². The Kier molecular flexibility index (Phi) is 4.99. The summed E-state index contributed by atoms with van der Waals surface area (Å²) in [6, 6.07) is 15.8. The van der Waals surface area contributed by atoms with E-state index in [0.29, 0.717) is 44.1 Å². The second-order valence-corrected chi connectivity index (χ2v) is 8.92. The molecule has 1 aliphatic rings. The monoisotopic (exact) mass is 477 g/mol. The number of H-pyrrole nitrogens is 1. The third-order valence-corrected chi connectivity index (χ3v) is 6.83. The van der Waals surface area contributed by atoms with E-state index in [9.17, 15) is 4.79 Å². The van der Waals surface area contributed by atoms with Gasteiger partial charge in [0.05, 0.1) is 23.8 Å². The first kappa shape index (κ1) is 20.7. The number of halogens is 2. The minimum Gasteiger partial charge on any atom is -0.454 e. The average Bonchev–Trinajstić information content (AvgIpc) is 3.44. The van der Waals surface area contributed by atoms with Crippen LogP contribution in [-0.4, -0.2) is 21.3 Å². The van der Waals surface area contributed by atoms with Gasteiger partial charge in [0.2, 0.25) is 6.79 Å². The van der Waals surface area contributed by atoms with Crippen molar-refractivity contribution in [3.8, 4) is 11.5 Å². The highest BCUT2D eigenvalue weighted by Crippen LogP contribution is 2.40. The molecule has 1 aliphatic heterocycles. The molecule has 0 saturated heterocycles. The van der Waals surface area contributed by atoms with Crippen molar-refractivity contribution < 1.29 is 18.3 Å². The van der Waals surface area contributed by atoms with Crippen molar-refractivity contribution in [3.63, 3.8) is 0 Å². The van der Waals surface area contributed by atoms with Crippen LogP contribution >= 0.6 is 11.8 Å². The van der Waals surface area contributed by atoms with Gasteiger partial charge in [0.25, 0.3) is 0 Å². The van der Waals surface area contributed by atoms with Gasteiger partial charge < -0.3 is 14.5 Å². The third-order valence-electron chi connectivity index (χ3n) is 5.78. The van der Waals surface area contributed by atoms with Gasteiger partial charge >= 0.3 is 5.69 Å². The molecule has 5 aromatic rings. The molecule has 1 N–H and O–H groups in total. The number of hydrogen-bond donors (Lipinski definition) is 1. The van der Waals surface area contributed by atoms with E-state index in [1.807, 2.05) is 30.3 Å². The minimum atomic E-state index is -0.701. The smallest absolute Gasteiger partial charge is 0.326 e. The second-order valence-electron chi connectivity index (χ2n) is 7.87. The lowest BCUT2D eigenvalue weighted by Gasteiger charge is -2.11. The molecule has 3 aromatic carbocycles. The second kappa shape index (κ2) is 8.18. The van der Waals surface area contributed by atoms with Gasteiger partial charge in [0.15, 0.2) is 11.5 Å². The summed E-state index contributed by atoms with van der Waals surface area (Å²) >= 11 is 1.35. The van der Waals surface area contributed by atoms with Gasteiger partial charge in [-0.1, -0.05) is 30.3 Å². The van der Waals surface area contributed by atoms with Crippen molar-refractivity contribution >= 4 is 33.7 Å². The first-order chi connectivity index (χ1) is 16.6. The maximum atomic E-state index is 15.0. The largest absolute Gasteiger partial charge is 0.454 e. The molecular weight excluding hydrogens is 460 g/mol. The Morgan fingerprint density at radius 3 is 2.65 bits per heavy atom. The fourth-order valence-corrected chi connectivity index (χ4v) is 5.04. The molecule has 9 heteroatoms. The molecule has 0 saturated carbocycles. The van der Waals surface area contributed by atoms with Gasteiger partial charge in [-0.05, 0) is 29.8 Å². The van der Waals surface area contributed by atoms with E-state index in [2.05, 4.69) is 9.97 Å². The molecule has 170 valence electrons. The molecule has 0 spiro atoms. The van der Waals surface area contributed by atoms with Crippen LogP contribution in [0.25, 0.3) is 21.9 Å². The number of aromatic nitrogens is 3. The lowest BCUT2D eigenvalue weighted by molar-refractivity contribution is 0.174. The Morgan fingerprint density at radius 1 is 1.06 bits per heavy atom. The Morgan fingerprint density at radius 2 is 1.85 bits per heavy atom. The SMILES string of the molecule is O=c1[nH]c2cnc3c4c(ccc3c2n1Cc1c(F)cc(SCc2ccccc2)cc1F)OCO4. The van der Waals surface area contributed by atoms with Gasteiger partial charge in [0, 0.05) is 21.6 Å². The number of rotatable bonds is 5. The maximum absolute atomic E-state index is 15.0. The average molecular weight is 477 g/mol. The van der Waals surface area contributed by atoms with Crippen LogP contribution in [0.15, 0.2) is 70.5 Å². The number of benzene rings is 3. The summed E-state index contributed by atoms with van der Waals surface area (Å²) in [7, 11) is 0. The quantitative estimate of drug-likeness (QED) is 0.351. The minimum absolute atomic E-state index is 0.0825. The molecule has 0 unspecified atom stereocenters. The van der Waals surface area contributed by atoms with Crippen LogP contribution in [0.5, 0.6) is 11.5 Å². The van der Waals surface area contributed by atoms with Crippen molar-refractivity contribution in [2.24, 2.45) is 0 Å². The van der Waals surface area contributed by atoms with E-state index in [1.54, 1.807) is 12.1 Å². The topological polar surface area (TPSA) is 69.1 Å². The van der Waals surface area contributed by atoms with Crippen molar-refractivity contribution in [2.45, 2.75) is 17.2 Å². The third kappa shape index (κ3) is 3.49. The molecule has 0 fully saturated rings. The van der Waals surface area contributed by atoms with Gasteiger partial charge in [-0.25, -0.2) is 18.6 Å². The van der Waals surface area contributed by atoms with E-state index in [1.165, 1.54) is 34.7 Å². The van der Waals surface area contributed by atoms with E-state index >= 15 is 8.78 Å².